The molecule has 0 aliphatic carbocycles. The highest BCUT2D eigenvalue weighted by Gasteiger charge is 2.13. The van der Waals surface area contributed by atoms with Crippen LogP contribution in [0.4, 0.5) is 5.95 Å². The van der Waals surface area contributed by atoms with Crippen LogP contribution in [0.5, 0.6) is 0 Å². The first kappa shape index (κ1) is 14.1. The quantitative estimate of drug-likeness (QED) is 0.782. The summed E-state index contributed by atoms with van der Waals surface area (Å²) >= 11 is 5.94. The normalized spacial score (nSPS) is 10.2. The first-order chi connectivity index (χ1) is 9.58. The number of carbonyl (C=O) groups is 2. The van der Waals surface area contributed by atoms with Crippen LogP contribution in [-0.2, 0) is 11.2 Å². The lowest BCUT2D eigenvalue weighted by Gasteiger charge is -2.08. The van der Waals surface area contributed by atoms with Crippen LogP contribution in [0.1, 0.15) is 22.3 Å². The number of anilines is 1. The van der Waals surface area contributed by atoms with E-state index >= 15 is 0 Å². The Labute approximate surface area is 120 Å². The Morgan fingerprint density at radius 1 is 1.40 bits per heavy atom. The number of primary amides is 1. The number of aryl methyl sites for hydroxylation is 1. The van der Waals surface area contributed by atoms with E-state index < -0.39 is 5.91 Å². The molecule has 20 heavy (non-hydrogen) atoms. The summed E-state index contributed by atoms with van der Waals surface area (Å²) in [4.78, 5) is 29.8. The van der Waals surface area contributed by atoms with Crippen LogP contribution in [0.2, 0.25) is 5.02 Å². The number of benzene rings is 1. The molecule has 1 aromatic heterocycles. The van der Waals surface area contributed by atoms with Crippen LogP contribution in [-0.4, -0.2) is 21.8 Å². The third-order valence-electron chi connectivity index (χ3n) is 2.72. The van der Waals surface area contributed by atoms with Crippen LogP contribution in [0, 0.1) is 0 Å². The summed E-state index contributed by atoms with van der Waals surface area (Å²) in [5.41, 5.74) is 6.21. The Bertz CT molecular complexity index is 625. The van der Waals surface area contributed by atoms with Crippen molar-refractivity contribution in [3.05, 3.63) is 46.7 Å². The molecule has 2 rings (SSSR count). The molecule has 2 amide bonds. The summed E-state index contributed by atoms with van der Waals surface area (Å²) < 4.78 is 0. The number of aromatic amines is 1. The average Bonchev–Trinajstić information content (AvgIpc) is 2.88. The first-order valence-corrected chi connectivity index (χ1v) is 6.32. The van der Waals surface area contributed by atoms with Gasteiger partial charge in [-0.15, -0.1) is 0 Å². The second-order valence-corrected chi connectivity index (χ2v) is 4.53. The third-order valence-corrected chi connectivity index (χ3v) is 3.04. The van der Waals surface area contributed by atoms with E-state index in [1.54, 1.807) is 24.4 Å². The van der Waals surface area contributed by atoms with Gasteiger partial charge >= 0.3 is 0 Å². The van der Waals surface area contributed by atoms with Gasteiger partial charge in [0.25, 0.3) is 0 Å². The number of carbonyl (C=O) groups excluding carboxylic acids is 2. The van der Waals surface area contributed by atoms with Gasteiger partial charge in [-0.1, -0.05) is 23.7 Å². The molecule has 0 saturated carbocycles. The zero-order valence-corrected chi connectivity index (χ0v) is 11.3. The minimum absolute atomic E-state index is 0.196. The van der Waals surface area contributed by atoms with Gasteiger partial charge in [-0.2, -0.15) is 0 Å². The maximum Gasteiger partial charge on any atom is 0.250 e. The van der Waals surface area contributed by atoms with Gasteiger partial charge in [-0.05, 0) is 18.1 Å². The van der Waals surface area contributed by atoms with E-state index in [1.807, 2.05) is 0 Å². The summed E-state index contributed by atoms with van der Waals surface area (Å²) in [6.45, 7) is 0. The van der Waals surface area contributed by atoms with Gasteiger partial charge in [0.05, 0.1) is 10.6 Å². The summed E-state index contributed by atoms with van der Waals surface area (Å²) in [5, 5.41) is 2.89. The summed E-state index contributed by atoms with van der Waals surface area (Å²) in [6, 6.07) is 5.04. The fourth-order valence-electron chi connectivity index (χ4n) is 1.83. The summed E-state index contributed by atoms with van der Waals surface area (Å²) in [6.07, 6.45) is 3.71. The monoisotopic (exact) mass is 292 g/mol. The van der Waals surface area contributed by atoms with E-state index in [4.69, 9.17) is 17.3 Å². The van der Waals surface area contributed by atoms with Crippen LogP contribution in [0.25, 0.3) is 0 Å². The van der Waals surface area contributed by atoms with Crippen molar-refractivity contribution < 1.29 is 9.59 Å². The predicted molar refractivity (Wildman–Crippen MR) is 75.5 cm³/mol. The maximum atomic E-state index is 11.7. The highest BCUT2D eigenvalue weighted by Crippen LogP contribution is 2.20. The molecule has 2 aromatic rings. The Balaban J connectivity index is 2.02. The second-order valence-electron chi connectivity index (χ2n) is 4.12. The van der Waals surface area contributed by atoms with Gasteiger partial charge in [0.1, 0.15) is 0 Å². The molecular formula is C13H13ClN4O2. The number of halogens is 1. The van der Waals surface area contributed by atoms with Gasteiger partial charge in [-0.25, -0.2) is 4.98 Å². The number of nitrogens with two attached hydrogens (primary N) is 1. The molecule has 1 heterocycles. The number of imidazole rings is 1. The minimum atomic E-state index is -0.600. The van der Waals surface area contributed by atoms with Gasteiger partial charge < -0.3 is 10.7 Å². The SMILES string of the molecule is NC(=O)c1c(Cl)cccc1CCC(=O)Nc1ncc[nH]1. The van der Waals surface area contributed by atoms with Crippen LogP contribution < -0.4 is 11.1 Å². The van der Waals surface area contributed by atoms with E-state index in [2.05, 4.69) is 15.3 Å². The van der Waals surface area contributed by atoms with E-state index in [-0.39, 0.29) is 17.9 Å². The average molecular weight is 293 g/mol. The van der Waals surface area contributed by atoms with Crippen LogP contribution >= 0.6 is 11.6 Å². The second kappa shape index (κ2) is 6.21. The number of hydrogen-bond donors (Lipinski definition) is 3. The molecule has 0 saturated heterocycles. The number of nitrogens with one attached hydrogen (secondary N) is 2. The number of hydrogen-bond acceptors (Lipinski definition) is 3. The Morgan fingerprint density at radius 3 is 2.85 bits per heavy atom. The smallest absolute Gasteiger partial charge is 0.250 e. The number of rotatable bonds is 5. The molecule has 4 N–H and O–H groups in total. The molecule has 0 fully saturated rings. The van der Waals surface area contributed by atoms with Gasteiger partial charge in [0.2, 0.25) is 17.8 Å². The summed E-state index contributed by atoms with van der Waals surface area (Å²) in [5.74, 6) is -0.427. The molecule has 0 aliphatic rings. The lowest BCUT2D eigenvalue weighted by molar-refractivity contribution is -0.116. The third kappa shape index (κ3) is 3.36. The van der Waals surface area contributed by atoms with Crippen molar-refractivity contribution in [2.45, 2.75) is 12.8 Å². The molecule has 1 aromatic carbocycles. The fraction of sp³-hybridized carbons (Fsp3) is 0.154. The van der Waals surface area contributed by atoms with E-state index in [0.717, 1.165) is 0 Å². The van der Waals surface area contributed by atoms with E-state index in [9.17, 15) is 9.59 Å². The molecule has 104 valence electrons. The molecule has 6 nitrogen and oxygen atoms in total. The van der Waals surface area contributed by atoms with Crippen molar-refractivity contribution in [1.29, 1.82) is 0 Å². The molecule has 0 radical (unpaired) electrons. The van der Waals surface area contributed by atoms with Crippen molar-refractivity contribution in [2.75, 3.05) is 5.32 Å². The predicted octanol–water partition coefficient (Wildman–Crippen LogP) is 1.73. The largest absolute Gasteiger partial charge is 0.366 e. The number of aromatic nitrogens is 2. The first-order valence-electron chi connectivity index (χ1n) is 5.94. The van der Waals surface area contributed by atoms with Crippen molar-refractivity contribution in [1.82, 2.24) is 9.97 Å². The number of nitrogens with zero attached hydrogens (tertiary/aromatic N) is 1. The van der Waals surface area contributed by atoms with Crippen molar-refractivity contribution in [2.24, 2.45) is 5.73 Å². The van der Waals surface area contributed by atoms with Crippen molar-refractivity contribution >= 4 is 29.4 Å². The Morgan fingerprint density at radius 2 is 2.20 bits per heavy atom. The molecule has 0 bridgehead atoms. The van der Waals surface area contributed by atoms with Crippen molar-refractivity contribution in [3.8, 4) is 0 Å². The Hall–Kier alpha value is -2.34. The fourth-order valence-corrected chi connectivity index (χ4v) is 2.12. The Kier molecular flexibility index (Phi) is 4.37. The number of amides is 2. The zero-order valence-electron chi connectivity index (χ0n) is 10.5. The summed E-state index contributed by atoms with van der Waals surface area (Å²) in [7, 11) is 0. The maximum absolute atomic E-state index is 11.7. The van der Waals surface area contributed by atoms with Gasteiger partial charge in [-0.3, -0.25) is 14.9 Å². The molecule has 7 heteroatoms. The highest BCUT2D eigenvalue weighted by atomic mass is 35.5. The lowest BCUT2D eigenvalue weighted by Crippen LogP contribution is -2.17. The van der Waals surface area contributed by atoms with Crippen molar-refractivity contribution in [3.63, 3.8) is 0 Å². The zero-order chi connectivity index (χ0) is 14.5. The molecular weight excluding hydrogens is 280 g/mol. The highest BCUT2D eigenvalue weighted by molar-refractivity contribution is 6.34. The lowest BCUT2D eigenvalue weighted by atomic mass is 10.0. The van der Waals surface area contributed by atoms with Gasteiger partial charge in [0.15, 0.2) is 0 Å². The molecule has 0 unspecified atom stereocenters. The topological polar surface area (TPSA) is 101 Å². The van der Waals surface area contributed by atoms with Gasteiger partial charge in [0, 0.05) is 18.8 Å². The standard InChI is InChI=1S/C13H13ClN4O2/c14-9-3-1-2-8(11(9)12(15)20)4-5-10(19)18-13-16-6-7-17-13/h1-3,6-7H,4-5H2,(H2,15,20)(H2,16,17,18,19). The molecule has 0 spiro atoms. The van der Waals surface area contributed by atoms with Crippen LogP contribution in [0.3, 0.4) is 0 Å². The minimum Gasteiger partial charge on any atom is -0.366 e. The molecule has 0 atom stereocenters. The number of H-pyrrole nitrogens is 1. The van der Waals surface area contributed by atoms with E-state index in [1.165, 1.54) is 6.20 Å². The van der Waals surface area contributed by atoms with E-state index in [0.29, 0.717) is 23.0 Å². The molecule has 0 aliphatic heterocycles. The van der Waals surface area contributed by atoms with Crippen LogP contribution in [0.15, 0.2) is 30.6 Å².